The highest BCUT2D eigenvalue weighted by molar-refractivity contribution is 5.73. The fraction of sp³-hybridized carbons (Fsp3) is 0.692. The van der Waals surface area contributed by atoms with Crippen molar-refractivity contribution in [2.24, 2.45) is 0 Å². The number of hydrogen-bond acceptors (Lipinski definition) is 4. The van der Waals surface area contributed by atoms with Crippen molar-refractivity contribution < 1.29 is 9.53 Å². The molecule has 104 valence electrons. The number of fused-ring (bicyclic) bond motifs is 1. The van der Waals surface area contributed by atoms with Gasteiger partial charge in [0, 0.05) is 33.1 Å². The van der Waals surface area contributed by atoms with E-state index in [2.05, 4.69) is 9.47 Å². The average Bonchev–Trinajstić information content (AvgIpc) is 2.77. The minimum absolute atomic E-state index is 0.139. The average molecular weight is 264 g/mol. The van der Waals surface area contributed by atoms with E-state index in [1.165, 1.54) is 5.69 Å². The van der Waals surface area contributed by atoms with Gasteiger partial charge in [-0.2, -0.15) is 0 Å². The first kappa shape index (κ1) is 12.5. The van der Waals surface area contributed by atoms with Gasteiger partial charge in [0.25, 0.3) is 0 Å². The Kier molecular flexibility index (Phi) is 3.18. The molecule has 0 aromatic carbocycles. The van der Waals surface area contributed by atoms with Crippen molar-refractivity contribution in [3.05, 3.63) is 11.4 Å². The molecule has 0 atom stereocenters. The Morgan fingerprint density at radius 2 is 1.95 bits per heavy atom. The largest absolute Gasteiger partial charge is 0.378 e. The molecule has 0 saturated carbocycles. The predicted octanol–water partition coefficient (Wildman–Crippen LogP) is 0.390. The van der Waals surface area contributed by atoms with Gasteiger partial charge < -0.3 is 19.1 Å². The first-order valence-corrected chi connectivity index (χ1v) is 6.81. The first-order chi connectivity index (χ1) is 9.16. The van der Waals surface area contributed by atoms with Crippen molar-refractivity contribution in [3.63, 3.8) is 0 Å². The zero-order valence-electron chi connectivity index (χ0n) is 11.6. The summed E-state index contributed by atoms with van der Waals surface area (Å²) < 4.78 is 7.65. The van der Waals surface area contributed by atoms with Gasteiger partial charge in [-0.15, -0.1) is 0 Å². The van der Waals surface area contributed by atoms with Crippen molar-refractivity contribution in [2.45, 2.75) is 26.9 Å². The van der Waals surface area contributed by atoms with Crippen LogP contribution in [0.2, 0.25) is 0 Å². The molecule has 1 aromatic rings. The second-order valence-corrected chi connectivity index (χ2v) is 5.14. The second kappa shape index (κ2) is 4.85. The van der Waals surface area contributed by atoms with Crippen LogP contribution in [0.25, 0.3) is 0 Å². The van der Waals surface area contributed by atoms with E-state index in [0.717, 1.165) is 51.0 Å². The summed E-state index contributed by atoms with van der Waals surface area (Å²) in [7, 11) is 0. The summed E-state index contributed by atoms with van der Waals surface area (Å²) in [5.41, 5.74) is 2.20. The van der Waals surface area contributed by atoms with Crippen LogP contribution in [0.4, 0.5) is 5.95 Å². The summed E-state index contributed by atoms with van der Waals surface area (Å²) in [6.45, 7) is 9.26. The lowest BCUT2D eigenvalue weighted by atomic mass is 10.2. The normalized spacial score (nSPS) is 19.5. The van der Waals surface area contributed by atoms with Crippen molar-refractivity contribution in [1.82, 2.24) is 14.5 Å². The molecule has 0 spiro atoms. The molecule has 2 aliphatic heterocycles. The summed E-state index contributed by atoms with van der Waals surface area (Å²) in [5, 5.41) is 0. The Morgan fingerprint density at radius 3 is 2.63 bits per heavy atom. The Labute approximate surface area is 113 Å². The summed E-state index contributed by atoms with van der Waals surface area (Å²) in [6, 6.07) is 0. The highest BCUT2D eigenvalue weighted by atomic mass is 16.5. The molecule has 6 nitrogen and oxygen atoms in total. The van der Waals surface area contributed by atoms with E-state index in [-0.39, 0.29) is 5.91 Å². The van der Waals surface area contributed by atoms with Gasteiger partial charge in [0.05, 0.1) is 31.1 Å². The number of ether oxygens (including phenoxy) is 1. The molecule has 1 aromatic heterocycles. The number of carbonyl (C=O) groups excluding carboxylic acids is 1. The minimum atomic E-state index is 0.139. The van der Waals surface area contributed by atoms with Crippen LogP contribution >= 0.6 is 0 Å². The number of imidazole rings is 1. The van der Waals surface area contributed by atoms with Crippen LogP contribution in [0.5, 0.6) is 0 Å². The topological polar surface area (TPSA) is 50.6 Å². The summed E-state index contributed by atoms with van der Waals surface area (Å²) >= 11 is 0. The summed E-state index contributed by atoms with van der Waals surface area (Å²) in [6.07, 6.45) is 0. The highest BCUT2D eigenvalue weighted by Crippen LogP contribution is 2.24. The molecule has 1 saturated heterocycles. The quantitative estimate of drug-likeness (QED) is 0.736. The number of anilines is 1. The molecule has 1 amide bonds. The van der Waals surface area contributed by atoms with Crippen LogP contribution in [0.15, 0.2) is 0 Å². The molecular weight excluding hydrogens is 244 g/mol. The standard InChI is InChI=1S/C13H20N4O2/c1-10-12-9-16(11(2)18)3-4-17(12)13(14-10)15-5-7-19-8-6-15/h3-9H2,1-2H3. The predicted molar refractivity (Wildman–Crippen MR) is 71.1 cm³/mol. The number of amides is 1. The lowest BCUT2D eigenvalue weighted by molar-refractivity contribution is -0.130. The third kappa shape index (κ3) is 2.20. The zero-order valence-corrected chi connectivity index (χ0v) is 11.6. The molecule has 3 heterocycles. The van der Waals surface area contributed by atoms with Crippen LogP contribution in [0.3, 0.4) is 0 Å². The molecular formula is C13H20N4O2. The van der Waals surface area contributed by atoms with Gasteiger partial charge in [-0.3, -0.25) is 4.79 Å². The van der Waals surface area contributed by atoms with Crippen molar-refractivity contribution >= 4 is 11.9 Å². The number of rotatable bonds is 1. The number of aryl methyl sites for hydroxylation is 1. The van der Waals surface area contributed by atoms with Gasteiger partial charge >= 0.3 is 0 Å². The van der Waals surface area contributed by atoms with Gasteiger partial charge in [-0.25, -0.2) is 4.98 Å². The summed E-state index contributed by atoms with van der Waals surface area (Å²) in [5.74, 6) is 1.18. The maximum atomic E-state index is 11.5. The van der Waals surface area contributed by atoms with Crippen LogP contribution in [0, 0.1) is 6.92 Å². The first-order valence-electron chi connectivity index (χ1n) is 6.81. The number of carbonyl (C=O) groups is 1. The zero-order chi connectivity index (χ0) is 13.4. The SMILES string of the molecule is CC(=O)N1CCn2c(N3CCOCC3)nc(C)c2C1. The summed E-state index contributed by atoms with van der Waals surface area (Å²) in [4.78, 5) is 20.4. The van der Waals surface area contributed by atoms with E-state index < -0.39 is 0 Å². The number of aromatic nitrogens is 2. The molecule has 2 aliphatic rings. The molecule has 0 unspecified atom stereocenters. The van der Waals surface area contributed by atoms with Gasteiger partial charge in [-0.1, -0.05) is 0 Å². The fourth-order valence-electron chi connectivity index (χ4n) is 2.78. The number of hydrogen-bond donors (Lipinski definition) is 0. The van der Waals surface area contributed by atoms with Crippen LogP contribution in [0.1, 0.15) is 18.3 Å². The second-order valence-electron chi connectivity index (χ2n) is 5.14. The lowest BCUT2D eigenvalue weighted by Gasteiger charge is -2.32. The van der Waals surface area contributed by atoms with Crippen molar-refractivity contribution in [3.8, 4) is 0 Å². The third-order valence-electron chi connectivity index (χ3n) is 3.93. The van der Waals surface area contributed by atoms with E-state index in [1.54, 1.807) is 6.92 Å². The molecule has 0 N–H and O–H groups in total. The third-order valence-corrected chi connectivity index (χ3v) is 3.93. The van der Waals surface area contributed by atoms with Gasteiger partial charge in [0.1, 0.15) is 0 Å². The lowest BCUT2D eigenvalue weighted by Crippen LogP contribution is -2.41. The molecule has 6 heteroatoms. The molecule has 1 fully saturated rings. The van der Waals surface area contributed by atoms with Gasteiger partial charge in [0.2, 0.25) is 11.9 Å². The van der Waals surface area contributed by atoms with Crippen LogP contribution in [-0.2, 0) is 22.6 Å². The maximum absolute atomic E-state index is 11.5. The smallest absolute Gasteiger partial charge is 0.219 e. The maximum Gasteiger partial charge on any atom is 0.219 e. The molecule has 0 bridgehead atoms. The van der Waals surface area contributed by atoms with Crippen molar-refractivity contribution in [2.75, 3.05) is 37.7 Å². The van der Waals surface area contributed by atoms with Gasteiger partial charge in [-0.05, 0) is 6.92 Å². The fourth-order valence-corrected chi connectivity index (χ4v) is 2.78. The van der Waals surface area contributed by atoms with E-state index >= 15 is 0 Å². The molecule has 0 radical (unpaired) electrons. The molecule has 3 rings (SSSR count). The van der Waals surface area contributed by atoms with Gasteiger partial charge in [0.15, 0.2) is 0 Å². The molecule has 0 aliphatic carbocycles. The monoisotopic (exact) mass is 264 g/mol. The van der Waals surface area contributed by atoms with E-state index in [0.29, 0.717) is 6.54 Å². The van der Waals surface area contributed by atoms with Crippen LogP contribution < -0.4 is 4.90 Å². The number of nitrogens with zero attached hydrogens (tertiary/aromatic N) is 4. The minimum Gasteiger partial charge on any atom is -0.378 e. The Balaban J connectivity index is 1.89. The van der Waals surface area contributed by atoms with Crippen molar-refractivity contribution in [1.29, 1.82) is 0 Å². The Hall–Kier alpha value is -1.56. The van der Waals surface area contributed by atoms with E-state index in [1.807, 2.05) is 11.8 Å². The Bertz CT molecular complexity index is 491. The number of morpholine rings is 1. The molecule has 19 heavy (non-hydrogen) atoms. The van der Waals surface area contributed by atoms with E-state index in [4.69, 9.17) is 9.72 Å². The highest BCUT2D eigenvalue weighted by Gasteiger charge is 2.26. The Morgan fingerprint density at radius 1 is 1.21 bits per heavy atom. The van der Waals surface area contributed by atoms with Crippen LogP contribution in [-0.4, -0.2) is 53.2 Å². The van der Waals surface area contributed by atoms with E-state index in [9.17, 15) is 4.79 Å².